The van der Waals surface area contributed by atoms with Gasteiger partial charge >= 0.3 is 0 Å². The smallest absolute Gasteiger partial charge is 0.295 e. The second-order valence-corrected chi connectivity index (χ2v) is 4.69. The molecular formula is C11H12N2O3S. The number of rotatable bonds is 3. The Morgan fingerprint density at radius 3 is 2.47 bits per heavy atom. The standard InChI is InChI=1S/C11H12N2O3S/c14-8-12-3-5-13(6-4-12)11(16)10(15)9-2-1-7-17-9/h1-2,7-8H,3-6H2. The summed E-state index contributed by atoms with van der Waals surface area (Å²) in [4.78, 5) is 37.7. The van der Waals surface area contributed by atoms with Crippen LogP contribution in [0.15, 0.2) is 17.5 Å². The molecule has 0 saturated carbocycles. The predicted molar refractivity (Wildman–Crippen MR) is 62.9 cm³/mol. The van der Waals surface area contributed by atoms with Crippen LogP contribution in [0, 0.1) is 0 Å². The molecule has 1 aliphatic rings. The highest BCUT2D eigenvalue weighted by Crippen LogP contribution is 2.11. The number of nitrogens with zero attached hydrogens (tertiary/aromatic N) is 2. The summed E-state index contributed by atoms with van der Waals surface area (Å²) in [5.41, 5.74) is 0. The highest BCUT2D eigenvalue weighted by molar-refractivity contribution is 7.12. The highest BCUT2D eigenvalue weighted by Gasteiger charge is 2.26. The van der Waals surface area contributed by atoms with Gasteiger partial charge in [-0.25, -0.2) is 0 Å². The van der Waals surface area contributed by atoms with Crippen LogP contribution < -0.4 is 0 Å². The largest absolute Gasteiger partial charge is 0.342 e. The van der Waals surface area contributed by atoms with E-state index in [2.05, 4.69) is 0 Å². The Hall–Kier alpha value is -1.69. The lowest BCUT2D eigenvalue weighted by atomic mass is 10.2. The van der Waals surface area contributed by atoms with Gasteiger partial charge in [0.15, 0.2) is 0 Å². The monoisotopic (exact) mass is 252 g/mol. The van der Waals surface area contributed by atoms with Crippen molar-refractivity contribution < 1.29 is 14.4 Å². The molecule has 0 unspecified atom stereocenters. The normalized spacial score (nSPS) is 15.8. The Balaban J connectivity index is 1.97. The van der Waals surface area contributed by atoms with Crippen molar-refractivity contribution in [3.63, 3.8) is 0 Å². The first kappa shape index (κ1) is 11.8. The number of amides is 2. The van der Waals surface area contributed by atoms with E-state index in [1.807, 2.05) is 0 Å². The number of Topliss-reactive ketones (excluding diaryl/α,β-unsaturated/α-hetero) is 1. The number of hydrogen-bond acceptors (Lipinski definition) is 4. The number of carbonyl (C=O) groups is 3. The summed E-state index contributed by atoms with van der Waals surface area (Å²) in [5, 5.41) is 1.77. The van der Waals surface area contributed by atoms with Gasteiger partial charge in [-0.3, -0.25) is 14.4 Å². The zero-order chi connectivity index (χ0) is 12.3. The maximum Gasteiger partial charge on any atom is 0.295 e. The second-order valence-electron chi connectivity index (χ2n) is 3.74. The molecule has 1 aromatic rings. The summed E-state index contributed by atoms with van der Waals surface area (Å²) in [6, 6.07) is 3.39. The molecular weight excluding hydrogens is 240 g/mol. The molecule has 0 atom stereocenters. The van der Waals surface area contributed by atoms with E-state index in [0.29, 0.717) is 31.1 Å². The first-order valence-corrected chi connectivity index (χ1v) is 6.17. The van der Waals surface area contributed by atoms with Gasteiger partial charge in [0.25, 0.3) is 11.7 Å². The van der Waals surface area contributed by atoms with Gasteiger partial charge in [0, 0.05) is 26.2 Å². The summed E-state index contributed by atoms with van der Waals surface area (Å²) < 4.78 is 0. The fourth-order valence-corrected chi connectivity index (χ4v) is 2.34. The molecule has 2 rings (SSSR count). The SMILES string of the molecule is O=CN1CCN(C(=O)C(=O)c2cccs2)CC1. The average Bonchev–Trinajstić information content (AvgIpc) is 2.91. The summed E-state index contributed by atoms with van der Waals surface area (Å²) in [7, 11) is 0. The summed E-state index contributed by atoms with van der Waals surface area (Å²) >= 11 is 1.26. The van der Waals surface area contributed by atoms with E-state index < -0.39 is 11.7 Å². The number of carbonyl (C=O) groups excluding carboxylic acids is 3. The third kappa shape index (κ3) is 2.52. The molecule has 0 aliphatic carbocycles. The Morgan fingerprint density at radius 2 is 1.94 bits per heavy atom. The maximum atomic E-state index is 11.9. The van der Waals surface area contributed by atoms with Crippen LogP contribution in [0.3, 0.4) is 0 Å². The van der Waals surface area contributed by atoms with Crippen LogP contribution in [-0.2, 0) is 9.59 Å². The lowest BCUT2D eigenvalue weighted by Gasteiger charge is -2.31. The van der Waals surface area contributed by atoms with Crippen LogP contribution in [0.4, 0.5) is 0 Å². The fraction of sp³-hybridized carbons (Fsp3) is 0.364. The summed E-state index contributed by atoms with van der Waals surface area (Å²) in [6.07, 6.45) is 0.767. The molecule has 0 aromatic carbocycles. The second kappa shape index (κ2) is 5.09. The van der Waals surface area contributed by atoms with E-state index in [1.54, 1.807) is 22.4 Å². The van der Waals surface area contributed by atoms with Gasteiger partial charge in [0.2, 0.25) is 6.41 Å². The number of hydrogen-bond donors (Lipinski definition) is 0. The minimum Gasteiger partial charge on any atom is -0.342 e. The topological polar surface area (TPSA) is 57.7 Å². The van der Waals surface area contributed by atoms with Crippen molar-refractivity contribution in [2.75, 3.05) is 26.2 Å². The van der Waals surface area contributed by atoms with Crippen LogP contribution in [-0.4, -0.2) is 54.1 Å². The molecule has 5 nitrogen and oxygen atoms in total. The van der Waals surface area contributed by atoms with Gasteiger partial charge in [-0.2, -0.15) is 0 Å². The molecule has 2 amide bonds. The predicted octanol–water partition coefficient (Wildman–Crippen LogP) is 0.231. The minimum absolute atomic E-state index is 0.425. The van der Waals surface area contributed by atoms with Crippen molar-refractivity contribution in [2.24, 2.45) is 0 Å². The van der Waals surface area contributed by atoms with E-state index in [0.717, 1.165) is 6.41 Å². The van der Waals surface area contributed by atoms with Crippen molar-refractivity contribution in [3.05, 3.63) is 22.4 Å². The first-order chi connectivity index (χ1) is 8.22. The Morgan fingerprint density at radius 1 is 1.24 bits per heavy atom. The van der Waals surface area contributed by atoms with Crippen LogP contribution in [0.5, 0.6) is 0 Å². The summed E-state index contributed by atoms with van der Waals surface area (Å²) in [6.45, 7) is 1.84. The molecule has 0 N–H and O–H groups in total. The van der Waals surface area contributed by atoms with Crippen LogP contribution in [0.1, 0.15) is 9.67 Å². The van der Waals surface area contributed by atoms with Crippen molar-refractivity contribution in [3.8, 4) is 0 Å². The minimum atomic E-state index is -0.474. The lowest BCUT2D eigenvalue weighted by Crippen LogP contribution is -2.50. The highest BCUT2D eigenvalue weighted by atomic mass is 32.1. The summed E-state index contributed by atoms with van der Waals surface area (Å²) in [5.74, 6) is -0.933. The molecule has 0 radical (unpaired) electrons. The van der Waals surface area contributed by atoms with Crippen LogP contribution in [0.25, 0.3) is 0 Å². The van der Waals surface area contributed by atoms with Gasteiger partial charge in [-0.15, -0.1) is 11.3 Å². The molecule has 1 fully saturated rings. The average molecular weight is 252 g/mol. The molecule has 2 heterocycles. The number of thiophene rings is 1. The van der Waals surface area contributed by atoms with Gasteiger partial charge in [0.1, 0.15) is 0 Å². The Bertz CT molecular complexity index is 422. The van der Waals surface area contributed by atoms with Gasteiger partial charge in [-0.05, 0) is 11.4 Å². The van der Waals surface area contributed by atoms with Crippen LogP contribution >= 0.6 is 11.3 Å². The Kier molecular flexibility index (Phi) is 3.53. The van der Waals surface area contributed by atoms with E-state index >= 15 is 0 Å². The lowest BCUT2D eigenvalue weighted by molar-refractivity contribution is -0.131. The fourth-order valence-electron chi connectivity index (χ4n) is 1.69. The van der Waals surface area contributed by atoms with Gasteiger partial charge < -0.3 is 9.80 Å². The molecule has 17 heavy (non-hydrogen) atoms. The van der Waals surface area contributed by atoms with E-state index in [-0.39, 0.29) is 0 Å². The number of piperazine rings is 1. The first-order valence-electron chi connectivity index (χ1n) is 5.29. The third-order valence-corrected chi connectivity index (χ3v) is 3.56. The molecule has 0 bridgehead atoms. The Labute approximate surface area is 103 Å². The van der Waals surface area contributed by atoms with Crippen molar-refractivity contribution >= 4 is 29.4 Å². The van der Waals surface area contributed by atoms with Gasteiger partial charge in [0.05, 0.1) is 4.88 Å². The third-order valence-electron chi connectivity index (χ3n) is 2.69. The van der Waals surface area contributed by atoms with Crippen molar-refractivity contribution in [1.29, 1.82) is 0 Å². The molecule has 0 spiro atoms. The molecule has 1 aliphatic heterocycles. The van der Waals surface area contributed by atoms with E-state index in [4.69, 9.17) is 0 Å². The molecule has 6 heteroatoms. The quantitative estimate of drug-likeness (QED) is 0.439. The van der Waals surface area contributed by atoms with Crippen molar-refractivity contribution in [1.82, 2.24) is 9.80 Å². The van der Waals surface area contributed by atoms with Gasteiger partial charge in [-0.1, -0.05) is 6.07 Å². The van der Waals surface area contributed by atoms with E-state index in [9.17, 15) is 14.4 Å². The molecule has 1 saturated heterocycles. The number of ketones is 1. The molecule has 90 valence electrons. The van der Waals surface area contributed by atoms with Crippen LogP contribution in [0.2, 0.25) is 0 Å². The zero-order valence-corrected chi connectivity index (χ0v) is 9.98. The van der Waals surface area contributed by atoms with E-state index in [1.165, 1.54) is 16.2 Å². The molecule has 1 aromatic heterocycles. The maximum absolute atomic E-state index is 11.9. The van der Waals surface area contributed by atoms with Crippen molar-refractivity contribution in [2.45, 2.75) is 0 Å². The zero-order valence-electron chi connectivity index (χ0n) is 9.17.